The van der Waals surface area contributed by atoms with E-state index in [2.05, 4.69) is 11.2 Å². The van der Waals surface area contributed by atoms with Crippen molar-refractivity contribution in [3.05, 3.63) is 0 Å². The van der Waals surface area contributed by atoms with Gasteiger partial charge in [0.1, 0.15) is 5.41 Å². The molecule has 0 rings (SSSR count). The fourth-order valence-electron chi connectivity index (χ4n) is 0.686. The summed E-state index contributed by atoms with van der Waals surface area (Å²) in [6.07, 6.45) is 5.04. The largest absolute Gasteiger partial charge is 0.480 e. The Morgan fingerprint density at radius 2 is 2.13 bits per heavy atom. The normalized spacial score (nSPS) is 10.5. The first-order chi connectivity index (χ1) is 6.92. The van der Waals surface area contributed by atoms with Gasteiger partial charge >= 0.3 is 5.97 Å². The number of rotatable bonds is 6. The van der Waals surface area contributed by atoms with E-state index in [0.717, 1.165) is 0 Å². The molecule has 0 aliphatic rings. The molecule has 0 aromatic carbocycles. The molecule has 84 valence electrons. The third-order valence-corrected chi connectivity index (χ3v) is 2.68. The van der Waals surface area contributed by atoms with Crippen LogP contribution in [0, 0.1) is 17.8 Å². The number of thioether (sulfide) groups is 1. The van der Waals surface area contributed by atoms with E-state index in [1.54, 1.807) is 0 Å². The summed E-state index contributed by atoms with van der Waals surface area (Å²) in [6.45, 7) is 3.18. The van der Waals surface area contributed by atoms with E-state index in [1.807, 2.05) is 0 Å². The molecule has 0 radical (unpaired) electrons. The lowest BCUT2D eigenvalue weighted by atomic mass is 9.93. The monoisotopic (exact) mass is 229 g/mol. The Morgan fingerprint density at radius 3 is 2.60 bits per heavy atom. The molecule has 0 unspecified atom stereocenters. The van der Waals surface area contributed by atoms with E-state index in [9.17, 15) is 9.59 Å². The number of aliphatic carboxylic acids is 1. The number of terminal acetylenes is 1. The molecule has 0 aromatic heterocycles. The van der Waals surface area contributed by atoms with E-state index >= 15 is 0 Å². The van der Waals surface area contributed by atoms with Crippen molar-refractivity contribution in [1.29, 1.82) is 0 Å². The molecule has 5 heteroatoms. The average molecular weight is 229 g/mol. The SMILES string of the molecule is C#CCSCCNC(=O)C(C)(C)C(=O)O. The van der Waals surface area contributed by atoms with Crippen LogP contribution in [0.2, 0.25) is 0 Å². The van der Waals surface area contributed by atoms with Crippen LogP contribution in [0.5, 0.6) is 0 Å². The van der Waals surface area contributed by atoms with Crippen molar-refractivity contribution in [2.45, 2.75) is 13.8 Å². The van der Waals surface area contributed by atoms with Crippen LogP contribution in [0.25, 0.3) is 0 Å². The van der Waals surface area contributed by atoms with Crippen molar-refractivity contribution < 1.29 is 14.7 Å². The van der Waals surface area contributed by atoms with Crippen LogP contribution in [0.1, 0.15) is 13.8 Å². The summed E-state index contributed by atoms with van der Waals surface area (Å²) in [5.41, 5.74) is -1.38. The molecule has 0 aromatic rings. The summed E-state index contributed by atoms with van der Waals surface area (Å²) < 4.78 is 0. The molecule has 0 heterocycles. The minimum atomic E-state index is -1.38. The van der Waals surface area contributed by atoms with Crippen LogP contribution < -0.4 is 5.32 Å². The number of carbonyl (C=O) groups is 2. The number of carboxylic acid groups (broad SMARTS) is 1. The van der Waals surface area contributed by atoms with Crippen LogP contribution in [0.3, 0.4) is 0 Å². The summed E-state index contributed by atoms with van der Waals surface area (Å²) in [7, 11) is 0. The Hall–Kier alpha value is -1.15. The van der Waals surface area contributed by atoms with Crippen molar-refractivity contribution in [2.24, 2.45) is 5.41 Å². The standard InChI is InChI=1S/C10H15NO3S/c1-4-6-15-7-5-11-8(12)10(2,3)9(13)14/h1H,5-7H2,2-3H3,(H,11,12)(H,13,14). The van der Waals surface area contributed by atoms with Gasteiger partial charge in [0, 0.05) is 12.3 Å². The van der Waals surface area contributed by atoms with Gasteiger partial charge in [0.05, 0.1) is 5.75 Å². The molecule has 0 aliphatic carbocycles. The third-order valence-electron chi connectivity index (χ3n) is 1.82. The molecule has 2 N–H and O–H groups in total. The molecule has 1 amide bonds. The van der Waals surface area contributed by atoms with Crippen molar-refractivity contribution in [3.8, 4) is 12.3 Å². The van der Waals surface area contributed by atoms with Gasteiger partial charge < -0.3 is 10.4 Å². The smallest absolute Gasteiger partial charge is 0.318 e. The summed E-state index contributed by atoms with van der Waals surface area (Å²) in [5.74, 6) is 2.14. The number of amides is 1. The first-order valence-corrected chi connectivity index (χ1v) is 5.61. The summed E-state index contributed by atoms with van der Waals surface area (Å²) >= 11 is 1.52. The second kappa shape index (κ2) is 6.36. The van der Waals surface area contributed by atoms with Gasteiger partial charge in [0.15, 0.2) is 0 Å². The highest BCUT2D eigenvalue weighted by molar-refractivity contribution is 7.99. The first kappa shape index (κ1) is 13.8. The second-order valence-corrected chi connectivity index (χ2v) is 4.55. The van der Waals surface area contributed by atoms with E-state index < -0.39 is 17.3 Å². The van der Waals surface area contributed by atoms with Crippen LogP contribution in [-0.4, -0.2) is 35.0 Å². The number of hydrogen-bond acceptors (Lipinski definition) is 3. The van der Waals surface area contributed by atoms with E-state index in [4.69, 9.17) is 11.5 Å². The van der Waals surface area contributed by atoms with Gasteiger partial charge in [-0.15, -0.1) is 18.2 Å². The van der Waals surface area contributed by atoms with Gasteiger partial charge in [-0.2, -0.15) is 0 Å². The molecule has 0 aliphatic heterocycles. The Kier molecular flexibility index (Phi) is 5.87. The van der Waals surface area contributed by atoms with Crippen LogP contribution >= 0.6 is 11.8 Å². The van der Waals surface area contributed by atoms with Gasteiger partial charge in [0.25, 0.3) is 0 Å². The fourth-order valence-corrected chi connectivity index (χ4v) is 1.19. The summed E-state index contributed by atoms with van der Waals surface area (Å²) in [6, 6.07) is 0. The molecular formula is C10H15NO3S. The molecule has 0 atom stereocenters. The predicted octanol–water partition coefficient (Wildman–Crippen LogP) is 0.580. The zero-order valence-electron chi connectivity index (χ0n) is 8.87. The van der Waals surface area contributed by atoms with Gasteiger partial charge in [0.2, 0.25) is 5.91 Å². The van der Waals surface area contributed by atoms with Crippen molar-refractivity contribution >= 4 is 23.6 Å². The lowest BCUT2D eigenvalue weighted by Crippen LogP contribution is -2.43. The highest BCUT2D eigenvalue weighted by atomic mass is 32.2. The maximum Gasteiger partial charge on any atom is 0.318 e. The van der Waals surface area contributed by atoms with Crippen molar-refractivity contribution in [2.75, 3.05) is 18.1 Å². The number of hydrogen-bond donors (Lipinski definition) is 2. The Morgan fingerprint density at radius 1 is 1.53 bits per heavy atom. The average Bonchev–Trinajstić information content (AvgIpc) is 2.16. The van der Waals surface area contributed by atoms with E-state index in [1.165, 1.54) is 25.6 Å². The predicted molar refractivity (Wildman–Crippen MR) is 60.6 cm³/mol. The zero-order chi connectivity index (χ0) is 11.9. The molecule has 0 fully saturated rings. The highest BCUT2D eigenvalue weighted by Crippen LogP contribution is 2.14. The summed E-state index contributed by atoms with van der Waals surface area (Å²) in [4.78, 5) is 22.1. The van der Waals surface area contributed by atoms with Crippen molar-refractivity contribution in [3.63, 3.8) is 0 Å². The fraction of sp³-hybridized carbons (Fsp3) is 0.600. The quantitative estimate of drug-likeness (QED) is 0.397. The van der Waals surface area contributed by atoms with Crippen LogP contribution in [0.15, 0.2) is 0 Å². The molecule has 0 spiro atoms. The molecular weight excluding hydrogens is 214 g/mol. The number of carbonyl (C=O) groups excluding carboxylic acids is 1. The highest BCUT2D eigenvalue weighted by Gasteiger charge is 2.35. The molecule has 0 saturated heterocycles. The Labute approximate surface area is 93.8 Å². The second-order valence-electron chi connectivity index (χ2n) is 3.44. The maximum atomic E-state index is 11.4. The van der Waals surface area contributed by atoms with E-state index in [0.29, 0.717) is 18.1 Å². The number of carboxylic acids is 1. The minimum Gasteiger partial charge on any atom is -0.480 e. The lowest BCUT2D eigenvalue weighted by molar-refractivity contribution is -0.153. The minimum absolute atomic E-state index is 0.432. The van der Waals surface area contributed by atoms with Crippen LogP contribution in [-0.2, 0) is 9.59 Å². The third kappa shape index (κ3) is 4.75. The van der Waals surface area contributed by atoms with Crippen molar-refractivity contribution in [1.82, 2.24) is 5.32 Å². The molecule has 0 bridgehead atoms. The Bertz CT molecular complexity index is 281. The molecule has 0 saturated carbocycles. The topological polar surface area (TPSA) is 66.4 Å². The Balaban J connectivity index is 3.85. The molecule has 4 nitrogen and oxygen atoms in total. The molecule has 15 heavy (non-hydrogen) atoms. The first-order valence-electron chi connectivity index (χ1n) is 4.45. The maximum absolute atomic E-state index is 11.4. The zero-order valence-corrected chi connectivity index (χ0v) is 9.69. The van der Waals surface area contributed by atoms with E-state index in [-0.39, 0.29) is 0 Å². The number of nitrogens with one attached hydrogen (secondary N) is 1. The van der Waals surface area contributed by atoms with Gasteiger partial charge in [-0.1, -0.05) is 5.92 Å². The van der Waals surface area contributed by atoms with Gasteiger partial charge in [-0.3, -0.25) is 9.59 Å². The van der Waals surface area contributed by atoms with Gasteiger partial charge in [-0.25, -0.2) is 0 Å². The van der Waals surface area contributed by atoms with Crippen LogP contribution in [0.4, 0.5) is 0 Å². The lowest BCUT2D eigenvalue weighted by Gasteiger charge is -2.17. The summed E-state index contributed by atoms with van der Waals surface area (Å²) in [5, 5.41) is 11.3. The van der Waals surface area contributed by atoms with Gasteiger partial charge in [-0.05, 0) is 13.8 Å².